The molecule has 0 spiro atoms. The van der Waals surface area contributed by atoms with E-state index in [2.05, 4.69) is 17.2 Å². The van der Waals surface area contributed by atoms with Crippen LogP contribution in [0.5, 0.6) is 5.75 Å². The molecular weight excluding hydrogens is 536 g/mol. The molecule has 3 heterocycles. The molecule has 41 heavy (non-hydrogen) atoms. The van der Waals surface area contributed by atoms with Crippen molar-refractivity contribution in [3.05, 3.63) is 71.5 Å². The fourth-order valence-corrected chi connectivity index (χ4v) is 8.45. The summed E-state index contributed by atoms with van der Waals surface area (Å²) in [6.07, 6.45) is 4.60. The topological polar surface area (TPSA) is 110 Å². The summed E-state index contributed by atoms with van der Waals surface area (Å²) in [4.78, 5) is 25.9. The smallest absolute Gasteiger partial charge is 0.226 e. The Bertz CT molecular complexity index is 1330. The predicted molar refractivity (Wildman–Crippen MR) is 159 cm³/mol. The number of ether oxygens (including phenoxy) is 2. The third-order valence-electron chi connectivity index (χ3n) is 8.72. The second-order valence-electron chi connectivity index (χ2n) is 11.9. The highest BCUT2D eigenvalue weighted by atomic mass is 28.4. The number of anilines is 1. The van der Waals surface area contributed by atoms with Crippen molar-refractivity contribution in [1.82, 2.24) is 15.0 Å². The number of hydrogen-bond donors (Lipinski definition) is 2. The third kappa shape index (κ3) is 6.25. The Morgan fingerprint density at radius 2 is 1.95 bits per heavy atom. The Labute approximate surface area is 243 Å². The van der Waals surface area contributed by atoms with E-state index in [4.69, 9.17) is 9.47 Å². The fourth-order valence-electron chi connectivity index (χ4n) is 6.44. The third-order valence-corrected chi connectivity index (χ3v) is 11.2. The van der Waals surface area contributed by atoms with E-state index < -0.39 is 8.32 Å². The largest absolute Gasteiger partial charge is 0.490 e. The van der Waals surface area contributed by atoms with Crippen molar-refractivity contribution in [3.8, 4) is 5.75 Å². The number of piperidine rings is 1. The standard InChI is InChI=1S/C31H42N4O5Si/c1-21-30(39-2)24-18-23(35-16-9-8-12-29(35)37)13-14-27(24)40-31(21)28(41(3,4)38)15-17-34-19-26(32-33-34)25(20-36)22-10-6-5-7-11-22/h5-7,10-11,13-14,18-19,21,25,28,30-31,36,38H,8-9,12,15-17,20H2,1-4H3/t21-,25?,28?,30-,31-/m0/s1. The molecule has 5 rings (SSSR count). The van der Waals surface area contributed by atoms with Gasteiger partial charge in [0.25, 0.3) is 0 Å². The Hall–Kier alpha value is -3.05. The van der Waals surface area contributed by atoms with Gasteiger partial charge in [0.1, 0.15) is 11.9 Å². The van der Waals surface area contributed by atoms with Crippen molar-refractivity contribution >= 4 is 19.9 Å². The number of aromatic nitrogens is 3. The van der Waals surface area contributed by atoms with E-state index in [-0.39, 0.29) is 42.1 Å². The van der Waals surface area contributed by atoms with E-state index in [1.807, 2.05) is 72.7 Å². The summed E-state index contributed by atoms with van der Waals surface area (Å²) in [5, 5.41) is 18.8. The first-order valence-electron chi connectivity index (χ1n) is 14.6. The quantitative estimate of drug-likeness (QED) is 0.337. The maximum absolute atomic E-state index is 12.6. The van der Waals surface area contributed by atoms with Crippen molar-refractivity contribution in [2.24, 2.45) is 5.92 Å². The first-order chi connectivity index (χ1) is 19.7. The molecule has 3 aromatic rings. The van der Waals surface area contributed by atoms with Crippen LogP contribution in [-0.4, -0.2) is 65.5 Å². The Kier molecular flexibility index (Phi) is 8.93. The molecule has 1 fully saturated rings. The minimum absolute atomic E-state index is 0.0214. The van der Waals surface area contributed by atoms with Gasteiger partial charge in [-0.25, -0.2) is 0 Å². The van der Waals surface area contributed by atoms with E-state index >= 15 is 0 Å². The van der Waals surface area contributed by atoms with Crippen molar-refractivity contribution in [1.29, 1.82) is 0 Å². The fraction of sp³-hybridized carbons (Fsp3) is 0.516. The van der Waals surface area contributed by atoms with Crippen LogP contribution in [0.1, 0.15) is 61.4 Å². The van der Waals surface area contributed by atoms with Gasteiger partial charge in [0.15, 0.2) is 8.32 Å². The normalized spacial score (nSPS) is 22.6. The lowest BCUT2D eigenvalue weighted by Crippen LogP contribution is -2.48. The van der Waals surface area contributed by atoms with Gasteiger partial charge in [-0.1, -0.05) is 42.5 Å². The van der Waals surface area contributed by atoms with Crippen LogP contribution < -0.4 is 9.64 Å². The first kappa shape index (κ1) is 29.4. The Morgan fingerprint density at radius 1 is 1.17 bits per heavy atom. The molecule has 220 valence electrons. The highest BCUT2D eigenvalue weighted by Gasteiger charge is 2.46. The van der Waals surface area contributed by atoms with E-state index in [0.717, 1.165) is 47.6 Å². The maximum Gasteiger partial charge on any atom is 0.226 e. The zero-order chi connectivity index (χ0) is 29.1. The molecule has 0 bridgehead atoms. The number of aryl methyl sites for hydroxylation is 1. The molecule has 2 aliphatic rings. The molecule has 1 saturated heterocycles. The molecule has 0 radical (unpaired) electrons. The highest BCUT2D eigenvalue weighted by Crippen LogP contribution is 2.47. The monoisotopic (exact) mass is 578 g/mol. The van der Waals surface area contributed by atoms with Gasteiger partial charge in [-0.05, 0) is 56.1 Å². The molecular formula is C31H42N4O5Si. The van der Waals surface area contributed by atoms with Crippen LogP contribution in [0, 0.1) is 5.92 Å². The van der Waals surface area contributed by atoms with Gasteiger partial charge in [0.05, 0.1) is 24.3 Å². The average Bonchev–Trinajstić information content (AvgIpc) is 3.42. The molecule has 10 heteroatoms. The van der Waals surface area contributed by atoms with Gasteiger partial charge in [-0.3, -0.25) is 9.48 Å². The van der Waals surface area contributed by atoms with E-state index in [9.17, 15) is 14.7 Å². The number of methoxy groups -OCH3 is 1. The number of hydrogen-bond acceptors (Lipinski definition) is 7. The molecule has 2 N–H and O–H groups in total. The molecule has 0 saturated carbocycles. The zero-order valence-electron chi connectivity index (χ0n) is 24.4. The molecule has 2 unspecified atom stereocenters. The van der Waals surface area contributed by atoms with Gasteiger partial charge >= 0.3 is 0 Å². The maximum atomic E-state index is 12.6. The molecule has 0 aliphatic carbocycles. The number of nitrogens with zero attached hydrogens (tertiary/aromatic N) is 4. The van der Waals surface area contributed by atoms with Crippen LogP contribution >= 0.6 is 0 Å². The number of amides is 1. The van der Waals surface area contributed by atoms with Crippen LogP contribution in [0.2, 0.25) is 18.6 Å². The molecule has 2 aliphatic heterocycles. The highest BCUT2D eigenvalue weighted by molar-refractivity contribution is 6.71. The average molecular weight is 579 g/mol. The SMILES string of the molecule is CO[C@@H]1c2cc(N3CCCCC3=O)ccc2O[C@H](C(CCn2cc(C(CO)c3ccccc3)nn2)[Si](C)(C)O)[C@H]1C. The minimum Gasteiger partial charge on any atom is -0.490 e. The van der Waals surface area contributed by atoms with Gasteiger partial charge in [-0.15, -0.1) is 5.10 Å². The van der Waals surface area contributed by atoms with Crippen molar-refractivity contribution in [3.63, 3.8) is 0 Å². The predicted octanol–water partition coefficient (Wildman–Crippen LogP) is 4.66. The number of carbonyl (C=O) groups excluding carboxylic acids is 1. The van der Waals surface area contributed by atoms with Crippen LogP contribution in [0.3, 0.4) is 0 Å². The number of aliphatic hydroxyl groups is 1. The van der Waals surface area contributed by atoms with Crippen LogP contribution in [0.25, 0.3) is 0 Å². The summed E-state index contributed by atoms with van der Waals surface area (Å²) >= 11 is 0. The summed E-state index contributed by atoms with van der Waals surface area (Å²) in [7, 11) is -0.978. The number of rotatable bonds is 10. The van der Waals surface area contributed by atoms with Crippen molar-refractivity contribution in [2.45, 2.75) is 75.9 Å². The molecule has 2 aromatic carbocycles. The summed E-state index contributed by atoms with van der Waals surface area (Å²) in [5.41, 5.74) is 3.44. The lowest BCUT2D eigenvalue weighted by atomic mass is 9.86. The Morgan fingerprint density at radius 3 is 2.63 bits per heavy atom. The van der Waals surface area contributed by atoms with E-state index in [1.165, 1.54) is 0 Å². The molecule has 1 aromatic heterocycles. The Balaban J connectivity index is 1.35. The van der Waals surface area contributed by atoms with Gasteiger partial charge in [0.2, 0.25) is 5.91 Å². The van der Waals surface area contributed by atoms with Crippen LogP contribution in [-0.2, 0) is 16.1 Å². The summed E-state index contributed by atoms with van der Waals surface area (Å²) < 4.78 is 14.5. The number of fused-ring (bicyclic) bond motifs is 1. The van der Waals surface area contributed by atoms with E-state index in [1.54, 1.807) is 11.8 Å². The lowest BCUT2D eigenvalue weighted by Gasteiger charge is -2.44. The second-order valence-corrected chi connectivity index (χ2v) is 16.0. The van der Waals surface area contributed by atoms with Gasteiger partial charge in [0, 0.05) is 55.5 Å². The number of aliphatic hydroxyl groups excluding tert-OH is 1. The molecule has 1 amide bonds. The van der Waals surface area contributed by atoms with E-state index in [0.29, 0.717) is 19.4 Å². The van der Waals surface area contributed by atoms with Crippen LogP contribution in [0.4, 0.5) is 5.69 Å². The second kappa shape index (κ2) is 12.4. The van der Waals surface area contributed by atoms with Crippen molar-refractivity contribution < 1.29 is 24.2 Å². The molecule has 9 nitrogen and oxygen atoms in total. The summed E-state index contributed by atoms with van der Waals surface area (Å²) in [5.74, 6) is 0.640. The number of carbonyl (C=O) groups is 1. The van der Waals surface area contributed by atoms with Gasteiger partial charge in [-0.2, -0.15) is 0 Å². The number of benzene rings is 2. The van der Waals surface area contributed by atoms with Gasteiger partial charge < -0.3 is 24.3 Å². The van der Waals surface area contributed by atoms with Crippen molar-refractivity contribution in [2.75, 3.05) is 25.2 Å². The zero-order valence-corrected chi connectivity index (χ0v) is 25.4. The summed E-state index contributed by atoms with van der Waals surface area (Å²) in [6.45, 7) is 7.28. The lowest BCUT2D eigenvalue weighted by molar-refractivity contribution is -0.119. The summed E-state index contributed by atoms with van der Waals surface area (Å²) in [6, 6.07) is 15.8. The van der Waals surface area contributed by atoms with Crippen LogP contribution in [0.15, 0.2) is 54.7 Å². The minimum atomic E-state index is -2.69. The first-order valence-corrected chi connectivity index (χ1v) is 17.7. The molecule has 5 atom stereocenters.